The molecule has 0 saturated carbocycles. The van der Waals surface area contributed by atoms with Crippen molar-refractivity contribution < 1.29 is 8.42 Å². The van der Waals surface area contributed by atoms with E-state index in [1.54, 1.807) is 24.3 Å². The summed E-state index contributed by atoms with van der Waals surface area (Å²) < 4.78 is 27.4. The third-order valence-corrected chi connectivity index (χ3v) is 5.10. The van der Waals surface area contributed by atoms with Gasteiger partial charge in [0.25, 0.3) is 0 Å². The summed E-state index contributed by atoms with van der Waals surface area (Å²) in [5.41, 5.74) is 5.63. The SMILES string of the molecule is CCC(C)(CC)NS(=O)(=O)c1ccc(C#CCN)cc1. The Kier molecular flexibility index (Phi) is 5.75. The molecule has 3 N–H and O–H groups in total. The molecule has 110 valence electrons. The maximum atomic E-state index is 12.3. The van der Waals surface area contributed by atoms with Crippen molar-refractivity contribution in [3.05, 3.63) is 29.8 Å². The molecule has 0 heterocycles. The second-order valence-corrected chi connectivity index (χ2v) is 6.59. The van der Waals surface area contributed by atoms with Crippen LogP contribution in [0.1, 0.15) is 39.2 Å². The number of sulfonamides is 1. The molecular formula is C15H22N2O2S. The standard InChI is InChI=1S/C15H22N2O2S/c1-4-15(3,5-2)17-20(18,19)14-10-8-13(9-11-14)7-6-12-16/h8-11,17H,4-5,12,16H2,1-3H3. The maximum absolute atomic E-state index is 12.3. The molecule has 0 aliphatic heterocycles. The molecule has 20 heavy (non-hydrogen) atoms. The highest BCUT2D eigenvalue weighted by molar-refractivity contribution is 7.89. The molecular weight excluding hydrogens is 272 g/mol. The van der Waals surface area contributed by atoms with Crippen LogP contribution in [-0.4, -0.2) is 20.5 Å². The summed E-state index contributed by atoms with van der Waals surface area (Å²) in [5.74, 6) is 5.60. The van der Waals surface area contributed by atoms with Gasteiger partial charge in [0.05, 0.1) is 11.4 Å². The minimum atomic E-state index is -3.50. The Morgan fingerprint density at radius 1 is 1.20 bits per heavy atom. The van der Waals surface area contributed by atoms with E-state index in [4.69, 9.17) is 5.73 Å². The van der Waals surface area contributed by atoms with Gasteiger partial charge in [-0.05, 0) is 44.0 Å². The maximum Gasteiger partial charge on any atom is 0.241 e. The summed E-state index contributed by atoms with van der Waals surface area (Å²) in [6, 6.07) is 6.50. The third-order valence-electron chi connectivity index (χ3n) is 3.44. The van der Waals surface area contributed by atoms with Crippen molar-refractivity contribution in [2.75, 3.05) is 6.54 Å². The first-order valence-electron chi connectivity index (χ1n) is 6.70. The van der Waals surface area contributed by atoms with Crippen LogP contribution in [0.25, 0.3) is 0 Å². The first-order valence-corrected chi connectivity index (χ1v) is 8.18. The number of hydrogen-bond acceptors (Lipinski definition) is 3. The molecule has 1 rings (SSSR count). The van der Waals surface area contributed by atoms with Gasteiger partial charge in [0.15, 0.2) is 0 Å². The van der Waals surface area contributed by atoms with Gasteiger partial charge in [-0.15, -0.1) is 0 Å². The zero-order chi connectivity index (χ0) is 15.2. The average molecular weight is 294 g/mol. The summed E-state index contributed by atoms with van der Waals surface area (Å²) in [5, 5.41) is 0. The van der Waals surface area contributed by atoms with Crippen molar-refractivity contribution in [2.24, 2.45) is 5.73 Å². The Morgan fingerprint density at radius 2 is 1.75 bits per heavy atom. The van der Waals surface area contributed by atoms with Crippen LogP contribution in [0.2, 0.25) is 0 Å². The van der Waals surface area contributed by atoms with E-state index < -0.39 is 15.6 Å². The molecule has 4 nitrogen and oxygen atoms in total. The van der Waals surface area contributed by atoms with Crippen LogP contribution in [0, 0.1) is 11.8 Å². The largest absolute Gasteiger partial charge is 0.320 e. The second-order valence-electron chi connectivity index (χ2n) is 4.90. The number of rotatable bonds is 5. The minimum absolute atomic E-state index is 0.254. The van der Waals surface area contributed by atoms with Gasteiger partial charge in [-0.1, -0.05) is 25.7 Å². The lowest BCUT2D eigenvalue weighted by molar-refractivity contribution is 0.388. The van der Waals surface area contributed by atoms with Crippen molar-refractivity contribution in [1.82, 2.24) is 4.72 Å². The highest BCUT2D eigenvalue weighted by atomic mass is 32.2. The van der Waals surface area contributed by atoms with Gasteiger partial charge in [0, 0.05) is 11.1 Å². The van der Waals surface area contributed by atoms with E-state index in [9.17, 15) is 8.42 Å². The molecule has 0 fully saturated rings. The number of nitrogens with two attached hydrogens (primary N) is 1. The normalized spacial score (nSPS) is 11.8. The van der Waals surface area contributed by atoms with E-state index in [0.29, 0.717) is 0 Å². The van der Waals surface area contributed by atoms with E-state index in [1.165, 1.54) is 0 Å². The Morgan fingerprint density at radius 3 is 2.20 bits per heavy atom. The van der Waals surface area contributed by atoms with Gasteiger partial charge in [0.1, 0.15) is 0 Å². The molecule has 0 amide bonds. The molecule has 0 unspecified atom stereocenters. The van der Waals surface area contributed by atoms with Crippen LogP contribution in [0.5, 0.6) is 0 Å². The molecule has 0 aliphatic carbocycles. The molecule has 5 heteroatoms. The minimum Gasteiger partial charge on any atom is -0.320 e. The van der Waals surface area contributed by atoms with Gasteiger partial charge in [-0.2, -0.15) is 0 Å². The van der Waals surface area contributed by atoms with Crippen molar-refractivity contribution in [3.8, 4) is 11.8 Å². The molecule has 0 atom stereocenters. The van der Waals surface area contributed by atoms with Gasteiger partial charge in [-0.3, -0.25) is 0 Å². The topological polar surface area (TPSA) is 72.2 Å². The lowest BCUT2D eigenvalue weighted by Crippen LogP contribution is -2.44. The molecule has 0 saturated heterocycles. The highest BCUT2D eigenvalue weighted by Crippen LogP contribution is 2.19. The predicted molar refractivity (Wildman–Crippen MR) is 81.7 cm³/mol. The van der Waals surface area contributed by atoms with E-state index in [-0.39, 0.29) is 11.4 Å². The smallest absolute Gasteiger partial charge is 0.241 e. The Bertz CT molecular complexity index is 591. The van der Waals surface area contributed by atoms with Crippen LogP contribution in [0.3, 0.4) is 0 Å². The van der Waals surface area contributed by atoms with E-state index in [2.05, 4.69) is 16.6 Å². The molecule has 0 bridgehead atoms. The van der Waals surface area contributed by atoms with Crippen molar-refractivity contribution in [3.63, 3.8) is 0 Å². The first-order chi connectivity index (χ1) is 9.37. The van der Waals surface area contributed by atoms with Crippen LogP contribution in [-0.2, 0) is 10.0 Å². The van der Waals surface area contributed by atoms with Crippen molar-refractivity contribution in [2.45, 2.75) is 44.0 Å². The summed E-state index contributed by atoms with van der Waals surface area (Å²) in [6.45, 7) is 6.13. The summed E-state index contributed by atoms with van der Waals surface area (Å²) in [6.07, 6.45) is 1.48. The lowest BCUT2D eigenvalue weighted by Gasteiger charge is -2.27. The number of hydrogen-bond donors (Lipinski definition) is 2. The monoisotopic (exact) mass is 294 g/mol. The molecule has 1 aromatic rings. The first kappa shape index (κ1) is 16.7. The number of benzene rings is 1. The molecule has 0 aromatic heterocycles. The fourth-order valence-corrected chi connectivity index (χ4v) is 3.20. The van der Waals surface area contributed by atoms with Crippen LogP contribution in [0.4, 0.5) is 0 Å². The van der Waals surface area contributed by atoms with Crippen molar-refractivity contribution >= 4 is 10.0 Å². The fourth-order valence-electron chi connectivity index (χ4n) is 1.65. The van der Waals surface area contributed by atoms with E-state index >= 15 is 0 Å². The Labute approximate surface area is 121 Å². The quantitative estimate of drug-likeness (QED) is 0.814. The van der Waals surface area contributed by atoms with Gasteiger partial charge >= 0.3 is 0 Å². The summed E-state index contributed by atoms with van der Waals surface area (Å²) in [4.78, 5) is 0.254. The third kappa shape index (κ3) is 4.34. The van der Waals surface area contributed by atoms with Gasteiger partial charge in [-0.25, -0.2) is 13.1 Å². The molecule has 0 aliphatic rings. The van der Waals surface area contributed by atoms with Gasteiger partial charge < -0.3 is 5.73 Å². The van der Waals surface area contributed by atoms with Crippen molar-refractivity contribution in [1.29, 1.82) is 0 Å². The zero-order valence-electron chi connectivity index (χ0n) is 12.2. The molecule has 0 radical (unpaired) electrons. The predicted octanol–water partition coefficient (Wildman–Crippen LogP) is 1.85. The Hall–Kier alpha value is -1.35. The van der Waals surface area contributed by atoms with Crippen LogP contribution in [0.15, 0.2) is 29.2 Å². The zero-order valence-corrected chi connectivity index (χ0v) is 13.0. The van der Waals surface area contributed by atoms with Crippen LogP contribution < -0.4 is 10.5 Å². The molecule has 1 aromatic carbocycles. The van der Waals surface area contributed by atoms with E-state index in [0.717, 1.165) is 18.4 Å². The second kappa shape index (κ2) is 6.89. The van der Waals surface area contributed by atoms with E-state index in [1.807, 2.05) is 20.8 Å². The van der Waals surface area contributed by atoms with Crippen LogP contribution >= 0.6 is 0 Å². The Balaban J connectivity index is 2.99. The molecule has 0 spiro atoms. The number of nitrogens with one attached hydrogen (secondary N) is 1. The lowest BCUT2D eigenvalue weighted by atomic mass is 9.98. The highest BCUT2D eigenvalue weighted by Gasteiger charge is 2.27. The average Bonchev–Trinajstić information content (AvgIpc) is 2.45. The van der Waals surface area contributed by atoms with Gasteiger partial charge in [0.2, 0.25) is 10.0 Å². The summed E-state index contributed by atoms with van der Waals surface area (Å²) >= 11 is 0. The fraction of sp³-hybridized carbons (Fsp3) is 0.467. The summed E-state index contributed by atoms with van der Waals surface area (Å²) in [7, 11) is -3.50.